The van der Waals surface area contributed by atoms with Gasteiger partial charge in [0.1, 0.15) is 11.5 Å². The number of rotatable bonds is 3. The number of nitrogens with zero attached hydrogens (tertiary/aromatic N) is 5. The fraction of sp³-hybridized carbons (Fsp3) is 0.318. The number of hydrogen-bond donors (Lipinski definition) is 0. The standard InChI is InChI=1S/C22H23N5O/c28-22(21-19-6-2-1-5-17(19)8-10-24-21)27-15-18(16-27)25-11-13-26(14-12-25)20-7-3-4-9-23-20/h1-10,18H,11-16H2. The van der Waals surface area contributed by atoms with Crippen LogP contribution in [0.1, 0.15) is 10.5 Å². The van der Waals surface area contributed by atoms with Gasteiger partial charge in [-0.05, 0) is 23.6 Å². The van der Waals surface area contributed by atoms with Gasteiger partial charge in [-0.15, -0.1) is 0 Å². The minimum atomic E-state index is 0.0418. The lowest BCUT2D eigenvalue weighted by atomic mass is 10.0. The van der Waals surface area contributed by atoms with E-state index in [1.54, 1.807) is 6.20 Å². The summed E-state index contributed by atoms with van der Waals surface area (Å²) in [7, 11) is 0. The van der Waals surface area contributed by atoms with Crippen molar-refractivity contribution in [2.24, 2.45) is 0 Å². The second-order valence-electron chi connectivity index (χ2n) is 7.46. The van der Waals surface area contributed by atoms with Crippen LogP contribution >= 0.6 is 0 Å². The van der Waals surface area contributed by atoms with Gasteiger partial charge in [0, 0.05) is 63.1 Å². The fourth-order valence-corrected chi connectivity index (χ4v) is 4.15. The summed E-state index contributed by atoms with van der Waals surface area (Å²) in [5, 5.41) is 1.99. The Morgan fingerprint density at radius 2 is 1.64 bits per heavy atom. The molecule has 0 spiro atoms. The first-order chi connectivity index (χ1) is 13.8. The molecule has 4 heterocycles. The van der Waals surface area contributed by atoms with Crippen molar-refractivity contribution in [3.8, 4) is 0 Å². The van der Waals surface area contributed by atoms with Gasteiger partial charge in [-0.3, -0.25) is 14.7 Å². The Morgan fingerprint density at radius 1 is 0.857 bits per heavy atom. The van der Waals surface area contributed by atoms with Gasteiger partial charge in [0.15, 0.2) is 0 Å². The summed E-state index contributed by atoms with van der Waals surface area (Å²) in [5.74, 6) is 1.09. The van der Waals surface area contributed by atoms with E-state index in [1.165, 1.54) is 0 Å². The summed E-state index contributed by atoms with van der Waals surface area (Å²) >= 11 is 0. The van der Waals surface area contributed by atoms with Gasteiger partial charge in [0.2, 0.25) is 0 Å². The van der Waals surface area contributed by atoms with Crippen LogP contribution in [0.2, 0.25) is 0 Å². The summed E-state index contributed by atoms with van der Waals surface area (Å²) in [6.45, 7) is 5.55. The number of benzene rings is 1. The van der Waals surface area contributed by atoms with E-state index in [4.69, 9.17) is 0 Å². The van der Waals surface area contributed by atoms with Crippen LogP contribution in [-0.2, 0) is 0 Å². The first-order valence-corrected chi connectivity index (χ1v) is 9.83. The third-order valence-electron chi connectivity index (χ3n) is 5.83. The van der Waals surface area contributed by atoms with Gasteiger partial charge in [-0.2, -0.15) is 0 Å². The fourth-order valence-electron chi connectivity index (χ4n) is 4.15. The van der Waals surface area contributed by atoms with E-state index in [2.05, 4.69) is 25.8 Å². The molecule has 2 aliphatic heterocycles. The molecule has 2 saturated heterocycles. The average Bonchev–Trinajstić information content (AvgIpc) is 2.73. The molecule has 6 heteroatoms. The Hall–Kier alpha value is -2.99. The lowest BCUT2D eigenvalue weighted by Crippen LogP contribution is -2.64. The lowest BCUT2D eigenvalue weighted by molar-refractivity contribution is 0.0243. The summed E-state index contributed by atoms with van der Waals surface area (Å²) in [6, 6.07) is 16.4. The van der Waals surface area contributed by atoms with E-state index in [0.29, 0.717) is 11.7 Å². The van der Waals surface area contributed by atoms with Crippen LogP contribution in [0, 0.1) is 0 Å². The highest BCUT2D eigenvalue weighted by molar-refractivity contribution is 6.05. The molecule has 1 aromatic carbocycles. The van der Waals surface area contributed by atoms with Crippen molar-refractivity contribution in [2.75, 3.05) is 44.2 Å². The maximum atomic E-state index is 12.9. The second kappa shape index (κ2) is 7.20. The number of carbonyl (C=O) groups excluding carboxylic acids is 1. The normalized spacial score (nSPS) is 18.3. The minimum absolute atomic E-state index is 0.0418. The molecule has 2 aliphatic rings. The van der Waals surface area contributed by atoms with Crippen molar-refractivity contribution < 1.29 is 4.79 Å². The zero-order valence-corrected chi connectivity index (χ0v) is 15.7. The van der Waals surface area contributed by atoms with Gasteiger partial charge in [0.25, 0.3) is 5.91 Å². The van der Waals surface area contributed by atoms with Gasteiger partial charge in [-0.25, -0.2) is 4.98 Å². The molecule has 0 N–H and O–H groups in total. The minimum Gasteiger partial charge on any atom is -0.354 e. The van der Waals surface area contributed by atoms with E-state index in [9.17, 15) is 4.79 Å². The number of piperazine rings is 1. The van der Waals surface area contributed by atoms with Gasteiger partial charge < -0.3 is 9.80 Å². The van der Waals surface area contributed by atoms with Crippen LogP contribution in [-0.4, -0.2) is 71.0 Å². The van der Waals surface area contributed by atoms with Gasteiger partial charge >= 0.3 is 0 Å². The quantitative estimate of drug-likeness (QED) is 0.705. The highest BCUT2D eigenvalue weighted by atomic mass is 16.2. The third kappa shape index (κ3) is 3.10. The highest BCUT2D eigenvalue weighted by Gasteiger charge is 2.37. The molecule has 2 fully saturated rings. The lowest BCUT2D eigenvalue weighted by Gasteiger charge is -2.48. The maximum Gasteiger partial charge on any atom is 0.273 e. The Balaban J connectivity index is 1.19. The SMILES string of the molecule is O=C(c1nccc2ccccc12)N1CC(N2CCN(c3ccccn3)CC2)C1. The number of hydrogen-bond acceptors (Lipinski definition) is 5. The number of anilines is 1. The molecule has 0 aliphatic carbocycles. The zero-order valence-electron chi connectivity index (χ0n) is 15.7. The number of pyridine rings is 2. The van der Waals surface area contributed by atoms with Gasteiger partial charge in [0.05, 0.1) is 0 Å². The molecule has 0 atom stereocenters. The van der Waals surface area contributed by atoms with Crippen LogP contribution in [0.25, 0.3) is 10.8 Å². The Morgan fingerprint density at radius 3 is 2.43 bits per heavy atom. The van der Waals surface area contributed by atoms with Crippen LogP contribution in [0.3, 0.4) is 0 Å². The Kier molecular flexibility index (Phi) is 4.41. The van der Waals surface area contributed by atoms with Crippen LogP contribution in [0.15, 0.2) is 60.9 Å². The molecule has 0 saturated carbocycles. The zero-order chi connectivity index (χ0) is 18.9. The predicted octanol–water partition coefficient (Wildman–Crippen LogP) is 2.28. The van der Waals surface area contributed by atoms with Crippen molar-refractivity contribution >= 4 is 22.5 Å². The van der Waals surface area contributed by atoms with Crippen LogP contribution in [0.5, 0.6) is 0 Å². The summed E-state index contributed by atoms with van der Waals surface area (Å²) in [5.41, 5.74) is 0.566. The van der Waals surface area contributed by atoms with Crippen molar-refractivity contribution in [3.05, 3.63) is 66.6 Å². The van der Waals surface area contributed by atoms with Crippen molar-refractivity contribution in [1.29, 1.82) is 0 Å². The van der Waals surface area contributed by atoms with Crippen molar-refractivity contribution in [1.82, 2.24) is 19.8 Å². The molecule has 1 amide bonds. The van der Waals surface area contributed by atoms with E-state index < -0.39 is 0 Å². The molecule has 0 radical (unpaired) electrons. The number of aromatic nitrogens is 2. The number of carbonyl (C=O) groups is 1. The molecule has 2 aromatic heterocycles. The average molecular weight is 373 g/mol. The van der Waals surface area contributed by atoms with E-state index in [-0.39, 0.29) is 5.91 Å². The molecule has 5 rings (SSSR count). The molecule has 142 valence electrons. The van der Waals surface area contributed by atoms with E-state index in [0.717, 1.165) is 55.9 Å². The molecule has 3 aromatic rings. The molecular formula is C22H23N5O. The summed E-state index contributed by atoms with van der Waals surface area (Å²) in [4.78, 5) is 28.5. The first kappa shape index (κ1) is 17.1. The number of likely N-dealkylation sites (tertiary alicyclic amines) is 1. The molecule has 6 nitrogen and oxygen atoms in total. The van der Waals surface area contributed by atoms with Crippen molar-refractivity contribution in [2.45, 2.75) is 6.04 Å². The largest absolute Gasteiger partial charge is 0.354 e. The summed E-state index contributed by atoms with van der Waals surface area (Å²) in [6.07, 6.45) is 3.57. The van der Waals surface area contributed by atoms with Crippen LogP contribution < -0.4 is 4.90 Å². The summed E-state index contributed by atoms with van der Waals surface area (Å²) < 4.78 is 0. The topological polar surface area (TPSA) is 52.6 Å². The van der Waals surface area contributed by atoms with E-state index in [1.807, 2.05) is 53.6 Å². The van der Waals surface area contributed by atoms with Crippen molar-refractivity contribution in [3.63, 3.8) is 0 Å². The monoisotopic (exact) mass is 373 g/mol. The molecule has 28 heavy (non-hydrogen) atoms. The van der Waals surface area contributed by atoms with E-state index >= 15 is 0 Å². The maximum absolute atomic E-state index is 12.9. The Labute approximate surface area is 164 Å². The second-order valence-corrected chi connectivity index (χ2v) is 7.46. The highest BCUT2D eigenvalue weighted by Crippen LogP contribution is 2.23. The van der Waals surface area contributed by atoms with Crippen LogP contribution in [0.4, 0.5) is 5.82 Å². The third-order valence-corrected chi connectivity index (χ3v) is 5.83. The van der Waals surface area contributed by atoms with Gasteiger partial charge in [-0.1, -0.05) is 30.3 Å². The predicted molar refractivity (Wildman–Crippen MR) is 109 cm³/mol. The molecule has 0 bridgehead atoms. The smallest absolute Gasteiger partial charge is 0.273 e. The Bertz CT molecular complexity index is 973. The first-order valence-electron chi connectivity index (χ1n) is 9.83. The molecule has 0 unspecified atom stereocenters. The number of amides is 1. The number of fused-ring (bicyclic) bond motifs is 1. The molecular weight excluding hydrogens is 350 g/mol.